The van der Waals surface area contributed by atoms with Crippen LogP contribution in [0.15, 0.2) is 54.6 Å². The van der Waals surface area contributed by atoms with Gasteiger partial charge in [-0.3, -0.25) is 0 Å². The molecule has 0 radical (unpaired) electrons. The van der Waals surface area contributed by atoms with E-state index in [4.69, 9.17) is 0 Å². The molecule has 2 rings (SSSR count). The summed E-state index contributed by atoms with van der Waals surface area (Å²) >= 11 is 0. The summed E-state index contributed by atoms with van der Waals surface area (Å²) in [4.78, 5) is 13.4. The molecule has 0 aromatic heterocycles. The van der Waals surface area contributed by atoms with Crippen LogP contribution in [-0.2, 0) is 4.79 Å². The Balaban J connectivity index is 2.39. The Bertz CT molecular complexity index is 613. The zero-order valence-electron chi connectivity index (χ0n) is 11.6. The second-order valence-electron chi connectivity index (χ2n) is 4.72. The van der Waals surface area contributed by atoms with E-state index in [1.54, 1.807) is 6.08 Å². The minimum atomic E-state index is -0.925. The lowest BCUT2D eigenvalue weighted by atomic mass is 10.0. The van der Waals surface area contributed by atoms with Crippen LogP contribution in [0, 0.1) is 0 Å². The minimum Gasteiger partial charge on any atom is -0.478 e. The van der Waals surface area contributed by atoms with Crippen molar-refractivity contribution >= 4 is 23.3 Å². The van der Waals surface area contributed by atoms with Gasteiger partial charge in [-0.15, -0.1) is 0 Å². The Morgan fingerprint density at radius 2 is 1.60 bits per heavy atom. The SMILES string of the molecule is CN(C)c1ccc(/C(=C\c2ccccc2)C(=O)O)cc1. The Kier molecular flexibility index (Phi) is 4.20. The molecule has 0 aliphatic heterocycles. The quantitative estimate of drug-likeness (QED) is 0.682. The highest BCUT2D eigenvalue weighted by Crippen LogP contribution is 2.21. The summed E-state index contributed by atoms with van der Waals surface area (Å²) in [6, 6.07) is 16.9. The van der Waals surface area contributed by atoms with Gasteiger partial charge in [-0.1, -0.05) is 42.5 Å². The lowest BCUT2D eigenvalue weighted by Gasteiger charge is -2.12. The summed E-state index contributed by atoms with van der Waals surface area (Å²) < 4.78 is 0. The smallest absolute Gasteiger partial charge is 0.336 e. The molecule has 0 heterocycles. The normalized spacial score (nSPS) is 11.2. The lowest BCUT2D eigenvalue weighted by molar-refractivity contribution is -0.130. The van der Waals surface area contributed by atoms with Crippen LogP contribution in [0.4, 0.5) is 5.69 Å². The molecule has 20 heavy (non-hydrogen) atoms. The number of carboxylic acid groups (broad SMARTS) is 1. The largest absolute Gasteiger partial charge is 0.478 e. The molecule has 0 aliphatic carbocycles. The third-order valence-corrected chi connectivity index (χ3v) is 3.04. The van der Waals surface area contributed by atoms with Crippen LogP contribution in [0.2, 0.25) is 0 Å². The van der Waals surface area contributed by atoms with Crippen molar-refractivity contribution in [2.24, 2.45) is 0 Å². The second-order valence-corrected chi connectivity index (χ2v) is 4.72. The van der Waals surface area contributed by atoms with Gasteiger partial charge in [0.15, 0.2) is 0 Å². The zero-order chi connectivity index (χ0) is 14.5. The number of nitrogens with zero attached hydrogens (tertiary/aromatic N) is 1. The van der Waals surface area contributed by atoms with E-state index >= 15 is 0 Å². The van der Waals surface area contributed by atoms with Crippen LogP contribution in [0.3, 0.4) is 0 Å². The Labute approximate surface area is 118 Å². The van der Waals surface area contributed by atoms with E-state index in [9.17, 15) is 9.90 Å². The first-order valence-corrected chi connectivity index (χ1v) is 6.36. The third kappa shape index (κ3) is 3.26. The molecule has 102 valence electrons. The van der Waals surface area contributed by atoms with E-state index in [1.807, 2.05) is 73.6 Å². The molecule has 0 saturated heterocycles. The number of rotatable bonds is 4. The molecular formula is C17H17NO2. The number of carboxylic acids is 1. The number of hydrogen-bond donors (Lipinski definition) is 1. The Hall–Kier alpha value is -2.55. The maximum Gasteiger partial charge on any atom is 0.336 e. The molecule has 0 atom stereocenters. The number of anilines is 1. The Morgan fingerprint density at radius 3 is 2.10 bits per heavy atom. The van der Waals surface area contributed by atoms with Gasteiger partial charge < -0.3 is 10.0 Å². The molecule has 3 nitrogen and oxygen atoms in total. The standard InChI is InChI=1S/C17H17NO2/c1-18(2)15-10-8-14(9-11-15)16(17(19)20)12-13-6-4-3-5-7-13/h3-12H,1-2H3,(H,19,20)/b16-12+. The fourth-order valence-corrected chi connectivity index (χ4v) is 1.92. The molecule has 3 heteroatoms. The fourth-order valence-electron chi connectivity index (χ4n) is 1.92. The molecule has 2 aromatic rings. The summed E-state index contributed by atoms with van der Waals surface area (Å²) in [5.74, 6) is -0.925. The molecule has 0 unspecified atom stereocenters. The second kappa shape index (κ2) is 6.06. The van der Waals surface area contributed by atoms with Crippen molar-refractivity contribution in [3.63, 3.8) is 0 Å². The van der Waals surface area contributed by atoms with E-state index in [0.717, 1.165) is 11.3 Å². The number of benzene rings is 2. The van der Waals surface area contributed by atoms with E-state index < -0.39 is 5.97 Å². The van der Waals surface area contributed by atoms with E-state index in [0.29, 0.717) is 11.1 Å². The first-order chi connectivity index (χ1) is 9.58. The molecule has 0 fully saturated rings. The third-order valence-electron chi connectivity index (χ3n) is 3.04. The molecule has 2 aromatic carbocycles. The van der Waals surface area contributed by atoms with Crippen molar-refractivity contribution in [2.75, 3.05) is 19.0 Å². The summed E-state index contributed by atoms with van der Waals surface area (Å²) in [6.07, 6.45) is 1.69. The molecule has 0 aliphatic rings. The average Bonchev–Trinajstić information content (AvgIpc) is 2.45. The van der Waals surface area contributed by atoms with Gasteiger partial charge in [-0.05, 0) is 29.3 Å². The number of aliphatic carboxylic acids is 1. The predicted molar refractivity (Wildman–Crippen MR) is 82.7 cm³/mol. The highest BCUT2D eigenvalue weighted by Gasteiger charge is 2.10. The summed E-state index contributed by atoms with van der Waals surface area (Å²) in [5.41, 5.74) is 2.91. The summed E-state index contributed by atoms with van der Waals surface area (Å²) in [6.45, 7) is 0. The van der Waals surface area contributed by atoms with Gasteiger partial charge >= 0.3 is 5.97 Å². The summed E-state index contributed by atoms with van der Waals surface area (Å²) in [5, 5.41) is 9.39. The van der Waals surface area contributed by atoms with Crippen LogP contribution in [0.25, 0.3) is 11.6 Å². The van der Waals surface area contributed by atoms with E-state index in [2.05, 4.69) is 0 Å². The van der Waals surface area contributed by atoms with Crippen LogP contribution >= 0.6 is 0 Å². The van der Waals surface area contributed by atoms with Gasteiger partial charge in [0.2, 0.25) is 0 Å². The minimum absolute atomic E-state index is 0.293. The van der Waals surface area contributed by atoms with Crippen molar-refractivity contribution in [3.8, 4) is 0 Å². The van der Waals surface area contributed by atoms with Crippen molar-refractivity contribution < 1.29 is 9.90 Å². The van der Waals surface area contributed by atoms with Crippen LogP contribution in [0.5, 0.6) is 0 Å². The monoisotopic (exact) mass is 267 g/mol. The molecule has 0 saturated carbocycles. The summed E-state index contributed by atoms with van der Waals surface area (Å²) in [7, 11) is 3.90. The zero-order valence-corrected chi connectivity index (χ0v) is 11.6. The maximum atomic E-state index is 11.4. The first kappa shape index (κ1) is 13.9. The van der Waals surface area contributed by atoms with Gasteiger partial charge in [0.25, 0.3) is 0 Å². The molecule has 1 N–H and O–H groups in total. The van der Waals surface area contributed by atoms with E-state index in [1.165, 1.54) is 0 Å². The lowest BCUT2D eigenvalue weighted by Crippen LogP contribution is -2.08. The topological polar surface area (TPSA) is 40.5 Å². The molecular weight excluding hydrogens is 250 g/mol. The highest BCUT2D eigenvalue weighted by atomic mass is 16.4. The van der Waals surface area contributed by atoms with Crippen LogP contribution < -0.4 is 4.90 Å². The van der Waals surface area contributed by atoms with Crippen LogP contribution in [-0.4, -0.2) is 25.2 Å². The predicted octanol–water partition coefficient (Wildman–Crippen LogP) is 3.38. The van der Waals surface area contributed by atoms with Gasteiger partial charge in [0.05, 0.1) is 5.57 Å². The van der Waals surface area contributed by atoms with Crippen molar-refractivity contribution in [2.45, 2.75) is 0 Å². The Morgan fingerprint density at radius 1 is 1.00 bits per heavy atom. The maximum absolute atomic E-state index is 11.4. The molecule has 0 amide bonds. The van der Waals surface area contributed by atoms with Gasteiger partial charge in [0.1, 0.15) is 0 Å². The van der Waals surface area contributed by atoms with Crippen LogP contribution in [0.1, 0.15) is 11.1 Å². The fraction of sp³-hybridized carbons (Fsp3) is 0.118. The average molecular weight is 267 g/mol. The highest BCUT2D eigenvalue weighted by molar-refractivity contribution is 6.20. The first-order valence-electron chi connectivity index (χ1n) is 6.36. The van der Waals surface area contributed by atoms with Gasteiger partial charge in [-0.2, -0.15) is 0 Å². The molecule has 0 spiro atoms. The number of carbonyl (C=O) groups is 1. The van der Waals surface area contributed by atoms with Gasteiger partial charge in [-0.25, -0.2) is 4.79 Å². The van der Waals surface area contributed by atoms with Crippen molar-refractivity contribution in [1.29, 1.82) is 0 Å². The van der Waals surface area contributed by atoms with Gasteiger partial charge in [0, 0.05) is 19.8 Å². The molecule has 0 bridgehead atoms. The van der Waals surface area contributed by atoms with Crippen molar-refractivity contribution in [1.82, 2.24) is 0 Å². The van der Waals surface area contributed by atoms with Crippen molar-refractivity contribution in [3.05, 3.63) is 65.7 Å². The van der Waals surface area contributed by atoms with E-state index in [-0.39, 0.29) is 0 Å². The number of hydrogen-bond acceptors (Lipinski definition) is 2.